The van der Waals surface area contributed by atoms with Crippen molar-refractivity contribution < 1.29 is 24.9 Å². The van der Waals surface area contributed by atoms with Crippen LogP contribution in [0.5, 0.6) is 17.2 Å². The minimum atomic E-state index is -0.670. The number of hydrogen-bond acceptors (Lipinski definition) is 6. The maximum absolute atomic E-state index is 14.7. The van der Waals surface area contributed by atoms with Gasteiger partial charge in [-0.2, -0.15) is 10.1 Å². The summed E-state index contributed by atoms with van der Waals surface area (Å²) in [4.78, 5) is 30.5. The molecule has 0 atom stereocenters. The van der Waals surface area contributed by atoms with Gasteiger partial charge in [0.05, 0.1) is 11.8 Å². The number of fused-ring (bicyclic) bond motifs is 1. The molecule has 2 aromatic rings. The second-order valence-corrected chi connectivity index (χ2v) is 8.70. The van der Waals surface area contributed by atoms with Crippen LogP contribution in [0.3, 0.4) is 0 Å². The standard InChI is InChI=1S/C24H26FN5O4.H2/c1-24(2)12-17-19(9-14(10-20(17)34-24)22(31)29-21(26)13-28-27-3)33-15-5-6-16(18(25)11-15)23(32)30-7-4-8-30;/h5-6,9-11,13,27H,4,7-8,12H2,1-3H3,(H2,26,29,31);1H/b28-13-;. The minimum absolute atomic E-state index is 0. The molecule has 4 rings (SSSR count). The van der Waals surface area contributed by atoms with Crippen LogP contribution < -0.4 is 20.6 Å². The second-order valence-electron chi connectivity index (χ2n) is 8.70. The largest absolute Gasteiger partial charge is 0.487 e. The lowest BCUT2D eigenvalue weighted by atomic mass is 9.99. The van der Waals surface area contributed by atoms with Gasteiger partial charge in [0.1, 0.15) is 34.5 Å². The SMILES string of the molecule is CN/N=C\C(N)=NC(=O)c1cc(Oc2ccc(C(=O)N3CCC3)c(F)c2)c2c(c1)OC(C)(C)C2.[HH]. The lowest BCUT2D eigenvalue weighted by Gasteiger charge is -2.31. The molecule has 2 aromatic carbocycles. The van der Waals surface area contributed by atoms with E-state index < -0.39 is 17.3 Å². The zero-order chi connectivity index (χ0) is 24.5. The molecule has 9 nitrogen and oxygen atoms in total. The number of ether oxygens (including phenoxy) is 2. The van der Waals surface area contributed by atoms with Gasteiger partial charge in [0, 0.05) is 45.2 Å². The van der Waals surface area contributed by atoms with Gasteiger partial charge in [0.15, 0.2) is 0 Å². The van der Waals surface area contributed by atoms with Crippen molar-refractivity contribution in [2.24, 2.45) is 15.8 Å². The molecule has 0 unspecified atom stereocenters. The summed E-state index contributed by atoms with van der Waals surface area (Å²) in [6, 6.07) is 7.21. The van der Waals surface area contributed by atoms with Gasteiger partial charge in [0.25, 0.3) is 11.8 Å². The molecule has 180 valence electrons. The highest BCUT2D eigenvalue weighted by atomic mass is 19.1. The molecule has 0 radical (unpaired) electrons. The molecule has 0 bridgehead atoms. The Labute approximate surface area is 197 Å². The van der Waals surface area contributed by atoms with Crippen LogP contribution in [0.2, 0.25) is 0 Å². The monoisotopic (exact) mass is 469 g/mol. The van der Waals surface area contributed by atoms with Crippen LogP contribution in [-0.2, 0) is 6.42 Å². The van der Waals surface area contributed by atoms with Gasteiger partial charge in [0.2, 0.25) is 0 Å². The van der Waals surface area contributed by atoms with E-state index in [1.165, 1.54) is 30.5 Å². The van der Waals surface area contributed by atoms with Crippen LogP contribution in [-0.4, -0.2) is 54.5 Å². The first-order valence-corrected chi connectivity index (χ1v) is 10.9. The summed E-state index contributed by atoms with van der Waals surface area (Å²) in [5.74, 6) is -0.680. The molecule has 2 amide bonds. The number of hydrazone groups is 1. The van der Waals surface area contributed by atoms with Crippen molar-refractivity contribution in [3.8, 4) is 17.2 Å². The molecule has 1 saturated heterocycles. The third kappa shape index (κ3) is 4.85. The van der Waals surface area contributed by atoms with Crippen LogP contribution >= 0.6 is 0 Å². The summed E-state index contributed by atoms with van der Waals surface area (Å²) in [6.07, 6.45) is 2.67. The fourth-order valence-corrected chi connectivity index (χ4v) is 3.75. The van der Waals surface area contributed by atoms with Crippen LogP contribution in [0.4, 0.5) is 4.39 Å². The van der Waals surface area contributed by atoms with E-state index in [1.54, 1.807) is 18.0 Å². The number of carbonyl (C=O) groups is 2. The first kappa shape index (κ1) is 23.2. The van der Waals surface area contributed by atoms with Gasteiger partial charge in [-0.15, -0.1) is 0 Å². The zero-order valence-corrected chi connectivity index (χ0v) is 19.2. The number of benzene rings is 2. The minimum Gasteiger partial charge on any atom is -0.487 e. The Morgan fingerprint density at radius 2 is 2.06 bits per heavy atom. The number of halogens is 1. The number of carbonyl (C=O) groups excluding carboxylic acids is 2. The normalized spacial score (nSPS) is 16.6. The van der Waals surface area contributed by atoms with Crippen LogP contribution in [0.15, 0.2) is 40.4 Å². The van der Waals surface area contributed by atoms with Gasteiger partial charge in [-0.1, -0.05) is 0 Å². The second kappa shape index (κ2) is 9.12. The average Bonchev–Trinajstić information content (AvgIpc) is 3.05. The Morgan fingerprint density at radius 3 is 2.71 bits per heavy atom. The topological polar surface area (TPSA) is 119 Å². The first-order chi connectivity index (χ1) is 16.2. The first-order valence-electron chi connectivity index (χ1n) is 10.9. The van der Waals surface area contributed by atoms with Crippen LogP contribution in [0.25, 0.3) is 0 Å². The Kier molecular flexibility index (Phi) is 6.23. The molecule has 34 heavy (non-hydrogen) atoms. The van der Waals surface area contributed by atoms with Gasteiger partial charge in [-0.05, 0) is 44.5 Å². The lowest BCUT2D eigenvalue weighted by molar-refractivity contribution is 0.0646. The molecule has 0 aromatic heterocycles. The van der Waals surface area contributed by atoms with Gasteiger partial charge in [-0.3, -0.25) is 9.59 Å². The van der Waals surface area contributed by atoms with E-state index >= 15 is 0 Å². The summed E-state index contributed by atoms with van der Waals surface area (Å²) in [5, 5.41) is 3.72. The van der Waals surface area contributed by atoms with Gasteiger partial charge >= 0.3 is 0 Å². The number of rotatable bonds is 6. The van der Waals surface area contributed by atoms with E-state index in [4.69, 9.17) is 15.2 Å². The highest BCUT2D eigenvalue weighted by molar-refractivity contribution is 6.31. The number of hydrogen-bond donors (Lipinski definition) is 2. The van der Waals surface area contributed by atoms with E-state index in [9.17, 15) is 14.0 Å². The van der Waals surface area contributed by atoms with Crippen molar-refractivity contribution in [2.45, 2.75) is 32.3 Å². The number of amides is 2. The molecule has 0 saturated carbocycles. The molecular formula is C24H28FN5O4. The molecule has 3 N–H and O–H groups in total. The fourth-order valence-electron chi connectivity index (χ4n) is 3.75. The Balaban J connectivity index is 0.00000342. The highest BCUT2D eigenvalue weighted by Crippen LogP contribution is 2.43. The number of nitrogens with zero attached hydrogens (tertiary/aromatic N) is 3. The molecule has 0 aliphatic carbocycles. The number of amidine groups is 1. The third-order valence-corrected chi connectivity index (χ3v) is 5.50. The molecule has 2 aliphatic rings. The zero-order valence-electron chi connectivity index (χ0n) is 19.2. The van der Waals surface area contributed by atoms with Crippen LogP contribution in [0.1, 0.15) is 48.0 Å². The van der Waals surface area contributed by atoms with Gasteiger partial charge in [-0.25, -0.2) is 4.39 Å². The summed E-state index contributed by atoms with van der Waals surface area (Å²) < 4.78 is 26.7. The van der Waals surface area contributed by atoms with E-state index in [0.717, 1.165) is 12.0 Å². The van der Waals surface area contributed by atoms with Crippen molar-refractivity contribution in [3.63, 3.8) is 0 Å². The molecule has 2 heterocycles. The number of nitrogens with two attached hydrogens (primary N) is 1. The smallest absolute Gasteiger partial charge is 0.279 e. The lowest BCUT2D eigenvalue weighted by Crippen LogP contribution is -2.42. The number of likely N-dealkylation sites (tertiary alicyclic amines) is 1. The van der Waals surface area contributed by atoms with E-state index in [-0.39, 0.29) is 30.0 Å². The third-order valence-electron chi connectivity index (χ3n) is 5.50. The maximum Gasteiger partial charge on any atom is 0.279 e. The highest BCUT2D eigenvalue weighted by Gasteiger charge is 2.34. The Bertz CT molecular complexity index is 1210. The van der Waals surface area contributed by atoms with Crippen molar-refractivity contribution >= 4 is 23.9 Å². The van der Waals surface area contributed by atoms with Crippen molar-refractivity contribution in [3.05, 3.63) is 52.8 Å². The molecule has 2 aliphatic heterocycles. The molecule has 0 spiro atoms. The number of nitrogens with one attached hydrogen (secondary N) is 1. The Morgan fingerprint density at radius 1 is 1.29 bits per heavy atom. The van der Waals surface area contributed by atoms with E-state index in [2.05, 4.69) is 15.5 Å². The summed E-state index contributed by atoms with van der Waals surface area (Å²) in [6.45, 7) is 5.09. The van der Waals surface area contributed by atoms with Gasteiger partial charge < -0.3 is 25.5 Å². The van der Waals surface area contributed by atoms with E-state index in [1.807, 2.05) is 13.8 Å². The summed E-state index contributed by atoms with van der Waals surface area (Å²) >= 11 is 0. The van der Waals surface area contributed by atoms with Crippen molar-refractivity contribution in [1.82, 2.24) is 10.3 Å². The quantitative estimate of drug-likeness (QED) is 0.381. The molecular weight excluding hydrogens is 441 g/mol. The van der Waals surface area contributed by atoms with Crippen molar-refractivity contribution in [2.75, 3.05) is 20.1 Å². The summed E-state index contributed by atoms with van der Waals surface area (Å²) in [5.41, 5.74) is 8.66. The summed E-state index contributed by atoms with van der Waals surface area (Å²) in [7, 11) is 1.59. The average molecular weight is 470 g/mol. The maximum atomic E-state index is 14.7. The van der Waals surface area contributed by atoms with Crippen molar-refractivity contribution in [1.29, 1.82) is 0 Å². The number of aliphatic imine (C=N–C) groups is 1. The fraction of sp³-hybridized carbons (Fsp3) is 0.333. The molecule has 1 fully saturated rings. The molecule has 10 heteroatoms. The predicted molar refractivity (Wildman–Crippen MR) is 127 cm³/mol. The Hall–Kier alpha value is -3.95. The van der Waals surface area contributed by atoms with E-state index in [0.29, 0.717) is 31.0 Å². The van der Waals surface area contributed by atoms with Crippen LogP contribution in [0, 0.1) is 5.82 Å². The predicted octanol–water partition coefficient (Wildman–Crippen LogP) is 3.13.